The van der Waals surface area contributed by atoms with E-state index in [1.54, 1.807) is 20.8 Å². The zero-order valence-corrected chi connectivity index (χ0v) is 5.95. The number of rotatable bonds is 2. The monoisotopic (exact) mass is 138 g/mol. The topological polar surface area (TPSA) is 9.23 Å². The second-order valence-corrected chi connectivity index (χ2v) is 2.81. The first-order valence-corrected chi connectivity index (χ1v) is 2.84. The SMILES string of the molecule is CC(C)(C)OCC(F)F. The number of halogens is 2. The highest BCUT2D eigenvalue weighted by Gasteiger charge is 2.12. The first-order valence-electron chi connectivity index (χ1n) is 2.84. The summed E-state index contributed by atoms with van der Waals surface area (Å²) in [5.74, 6) is 0. The summed E-state index contributed by atoms with van der Waals surface area (Å²) in [7, 11) is 0. The van der Waals surface area contributed by atoms with E-state index in [0.717, 1.165) is 0 Å². The normalized spacial score (nSPS) is 12.7. The summed E-state index contributed by atoms with van der Waals surface area (Å²) in [4.78, 5) is 0. The molecule has 0 fully saturated rings. The van der Waals surface area contributed by atoms with Gasteiger partial charge in [-0.1, -0.05) is 0 Å². The predicted octanol–water partition coefficient (Wildman–Crippen LogP) is 2.07. The van der Waals surface area contributed by atoms with Crippen LogP contribution in [0, 0.1) is 0 Å². The molecule has 0 aromatic heterocycles. The summed E-state index contributed by atoms with van der Waals surface area (Å²) < 4.78 is 27.6. The summed E-state index contributed by atoms with van der Waals surface area (Å²) in [6, 6.07) is 0. The van der Waals surface area contributed by atoms with E-state index in [2.05, 4.69) is 0 Å². The lowest BCUT2D eigenvalue weighted by Crippen LogP contribution is -2.22. The highest BCUT2D eigenvalue weighted by molar-refractivity contribution is 4.58. The molecular formula is C6H12F2O. The van der Waals surface area contributed by atoms with Crippen LogP contribution in [-0.2, 0) is 4.74 Å². The third-order valence-corrected chi connectivity index (χ3v) is 0.642. The maximum absolute atomic E-state index is 11.4. The molecule has 0 saturated carbocycles. The van der Waals surface area contributed by atoms with Crippen LogP contribution >= 0.6 is 0 Å². The van der Waals surface area contributed by atoms with E-state index in [0.29, 0.717) is 0 Å². The van der Waals surface area contributed by atoms with Crippen molar-refractivity contribution in [3.05, 3.63) is 0 Å². The molecule has 0 aliphatic carbocycles. The lowest BCUT2D eigenvalue weighted by atomic mass is 10.2. The Balaban J connectivity index is 3.28. The molecule has 0 rings (SSSR count). The van der Waals surface area contributed by atoms with Crippen LogP contribution in [0.25, 0.3) is 0 Å². The van der Waals surface area contributed by atoms with Gasteiger partial charge in [-0.2, -0.15) is 0 Å². The van der Waals surface area contributed by atoms with Gasteiger partial charge in [-0.3, -0.25) is 0 Å². The fraction of sp³-hybridized carbons (Fsp3) is 1.00. The van der Waals surface area contributed by atoms with Crippen molar-refractivity contribution < 1.29 is 13.5 Å². The average Bonchev–Trinajstić information content (AvgIpc) is 1.59. The molecule has 1 nitrogen and oxygen atoms in total. The third kappa shape index (κ3) is 7.82. The van der Waals surface area contributed by atoms with Crippen LogP contribution in [0.5, 0.6) is 0 Å². The minimum absolute atomic E-state index is 0.448. The van der Waals surface area contributed by atoms with Gasteiger partial charge in [0.15, 0.2) is 0 Å². The molecule has 0 saturated heterocycles. The van der Waals surface area contributed by atoms with Crippen molar-refractivity contribution in [1.29, 1.82) is 0 Å². The molecule has 0 aromatic carbocycles. The van der Waals surface area contributed by atoms with Crippen molar-refractivity contribution >= 4 is 0 Å². The van der Waals surface area contributed by atoms with E-state index in [1.807, 2.05) is 0 Å². The summed E-state index contributed by atoms with van der Waals surface area (Å²) in [6.45, 7) is 4.77. The zero-order valence-electron chi connectivity index (χ0n) is 5.95. The Labute approximate surface area is 54.0 Å². The number of alkyl halides is 2. The molecular weight excluding hydrogens is 126 g/mol. The van der Waals surface area contributed by atoms with E-state index in [1.165, 1.54) is 0 Å². The van der Waals surface area contributed by atoms with Gasteiger partial charge in [0, 0.05) is 0 Å². The minimum atomic E-state index is -2.36. The molecule has 0 heterocycles. The summed E-state index contributed by atoms with van der Waals surface area (Å²) in [5.41, 5.74) is -0.448. The second kappa shape index (κ2) is 3.11. The Morgan fingerprint density at radius 2 is 1.78 bits per heavy atom. The van der Waals surface area contributed by atoms with Crippen molar-refractivity contribution in [3.8, 4) is 0 Å². The fourth-order valence-electron chi connectivity index (χ4n) is 0.313. The lowest BCUT2D eigenvalue weighted by molar-refractivity contribution is -0.0601. The van der Waals surface area contributed by atoms with Crippen LogP contribution in [0.15, 0.2) is 0 Å². The van der Waals surface area contributed by atoms with Crippen LogP contribution in [0.2, 0.25) is 0 Å². The molecule has 0 bridgehead atoms. The summed E-state index contributed by atoms with van der Waals surface area (Å²) >= 11 is 0. The Kier molecular flexibility index (Phi) is 3.04. The van der Waals surface area contributed by atoms with E-state index in [4.69, 9.17) is 4.74 Å². The van der Waals surface area contributed by atoms with Gasteiger partial charge in [-0.05, 0) is 20.8 Å². The van der Waals surface area contributed by atoms with E-state index < -0.39 is 18.6 Å². The average molecular weight is 138 g/mol. The van der Waals surface area contributed by atoms with Gasteiger partial charge in [-0.25, -0.2) is 8.78 Å². The predicted molar refractivity (Wildman–Crippen MR) is 31.7 cm³/mol. The molecule has 0 aliphatic rings. The molecule has 0 aliphatic heterocycles. The quantitative estimate of drug-likeness (QED) is 0.567. The first-order chi connectivity index (χ1) is 3.92. The van der Waals surface area contributed by atoms with Gasteiger partial charge in [0.2, 0.25) is 0 Å². The van der Waals surface area contributed by atoms with Crippen molar-refractivity contribution in [1.82, 2.24) is 0 Å². The van der Waals surface area contributed by atoms with Gasteiger partial charge in [0.25, 0.3) is 6.43 Å². The van der Waals surface area contributed by atoms with Gasteiger partial charge in [0.05, 0.1) is 5.60 Å². The van der Waals surface area contributed by atoms with Crippen LogP contribution in [0.4, 0.5) is 8.78 Å². The van der Waals surface area contributed by atoms with E-state index in [9.17, 15) is 8.78 Å². The van der Waals surface area contributed by atoms with Gasteiger partial charge < -0.3 is 4.74 Å². The largest absolute Gasteiger partial charge is 0.370 e. The maximum atomic E-state index is 11.4. The van der Waals surface area contributed by atoms with Crippen molar-refractivity contribution in [2.24, 2.45) is 0 Å². The van der Waals surface area contributed by atoms with Gasteiger partial charge in [0.1, 0.15) is 6.61 Å². The smallest absolute Gasteiger partial charge is 0.261 e. The summed E-state index contributed by atoms with van der Waals surface area (Å²) in [6.07, 6.45) is -2.36. The van der Waals surface area contributed by atoms with E-state index in [-0.39, 0.29) is 0 Å². The summed E-state index contributed by atoms with van der Waals surface area (Å²) in [5, 5.41) is 0. The van der Waals surface area contributed by atoms with Gasteiger partial charge >= 0.3 is 0 Å². The second-order valence-electron chi connectivity index (χ2n) is 2.81. The molecule has 0 atom stereocenters. The molecule has 3 heteroatoms. The van der Waals surface area contributed by atoms with Crippen LogP contribution < -0.4 is 0 Å². The standard InChI is InChI=1S/C6H12F2O/c1-6(2,3)9-4-5(7)8/h5H,4H2,1-3H3. The molecule has 0 N–H and O–H groups in total. The highest BCUT2D eigenvalue weighted by Crippen LogP contribution is 2.08. The van der Waals surface area contributed by atoms with Crippen molar-refractivity contribution in [3.63, 3.8) is 0 Å². The molecule has 0 spiro atoms. The first kappa shape index (κ1) is 8.82. The Morgan fingerprint density at radius 1 is 1.33 bits per heavy atom. The Bertz CT molecular complexity index is 75.6. The van der Waals surface area contributed by atoms with Crippen molar-refractivity contribution in [2.75, 3.05) is 6.61 Å². The molecule has 0 amide bonds. The molecule has 0 aromatic rings. The van der Waals surface area contributed by atoms with Crippen LogP contribution in [0.1, 0.15) is 20.8 Å². The lowest BCUT2D eigenvalue weighted by Gasteiger charge is -2.18. The molecule has 9 heavy (non-hydrogen) atoms. The van der Waals surface area contributed by atoms with Crippen LogP contribution in [0.3, 0.4) is 0 Å². The molecule has 0 unspecified atom stereocenters. The highest BCUT2D eigenvalue weighted by atomic mass is 19.3. The Hall–Kier alpha value is -0.180. The minimum Gasteiger partial charge on any atom is -0.370 e. The fourth-order valence-corrected chi connectivity index (χ4v) is 0.313. The van der Waals surface area contributed by atoms with Crippen LogP contribution in [-0.4, -0.2) is 18.6 Å². The third-order valence-electron chi connectivity index (χ3n) is 0.642. The van der Waals surface area contributed by atoms with Crippen molar-refractivity contribution in [2.45, 2.75) is 32.8 Å². The number of ether oxygens (including phenoxy) is 1. The zero-order chi connectivity index (χ0) is 7.49. The Morgan fingerprint density at radius 3 is 1.89 bits per heavy atom. The number of hydrogen-bond acceptors (Lipinski definition) is 1. The van der Waals surface area contributed by atoms with E-state index >= 15 is 0 Å². The molecule has 56 valence electrons. The maximum Gasteiger partial charge on any atom is 0.261 e. The molecule has 0 radical (unpaired) electrons. The van der Waals surface area contributed by atoms with Gasteiger partial charge in [-0.15, -0.1) is 0 Å². The number of hydrogen-bond donors (Lipinski definition) is 0.